The summed E-state index contributed by atoms with van der Waals surface area (Å²) < 4.78 is 0. The zero-order chi connectivity index (χ0) is 13.8. The average molecular weight is 271 g/mol. The molecule has 0 bridgehead atoms. The monoisotopic (exact) mass is 271 g/mol. The van der Waals surface area contributed by atoms with Crippen molar-refractivity contribution in [2.45, 2.75) is 0 Å². The molecule has 0 aliphatic heterocycles. The van der Waals surface area contributed by atoms with Gasteiger partial charge in [-0.25, -0.2) is 0 Å². The summed E-state index contributed by atoms with van der Waals surface area (Å²) in [5.41, 5.74) is -0.549. The van der Waals surface area contributed by atoms with Gasteiger partial charge in [-0.15, -0.1) is 21.6 Å². The van der Waals surface area contributed by atoms with Gasteiger partial charge in [-0.05, 0) is 17.5 Å². The van der Waals surface area contributed by atoms with Gasteiger partial charge in [0.15, 0.2) is 10.7 Å². The van der Waals surface area contributed by atoms with Crippen LogP contribution in [0.1, 0.15) is 11.1 Å². The van der Waals surface area contributed by atoms with Crippen LogP contribution in [0.25, 0.3) is 0 Å². The molecule has 0 spiro atoms. The van der Waals surface area contributed by atoms with Gasteiger partial charge in [-0.1, -0.05) is 0 Å². The number of rotatable bonds is 2. The number of pyridine rings is 1. The Bertz CT molecular complexity index is 791. The molecule has 0 radical (unpaired) electrons. The van der Waals surface area contributed by atoms with Crippen LogP contribution in [0.5, 0.6) is 5.88 Å². The van der Waals surface area contributed by atoms with Crippen LogP contribution in [0.4, 0.5) is 10.7 Å². The smallest absolute Gasteiger partial charge is 0.278 e. The SMILES string of the molecule is N#Cc1cc(N=Nc2sccc2C#N)c(=O)[nH]c1O. The molecule has 2 rings (SSSR count). The van der Waals surface area contributed by atoms with Crippen LogP contribution >= 0.6 is 11.3 Å². The number of nitriles is 2. The molecule has 0 aliphatic carbocycles. The lowest BCUT2D eigenvalue weighted by atomic mass is 10.3. The molecule has 92 valence electrons. The van der Waals surface area contributed by atoms with Crippen molar-refractivity contribution in [2.75, 3.05) is 0 Å². The first-order valence-corrected chi connectivity index (χ1v) is 5.79. The molecule has 0 unspecified atom stereocenters. The molecule has 0 aromatic carbocycles. The molecular weight excluding hydrogens is 266 g/mol. The normalized spacial score (nSPS) is 10.2. The maximum atomic E-state index is 11.5. The number of aromatic amines is 1. The van der Waals surface area contributed by atoms with Crippen LogP contribution in [0, 0.1) is 22.7 Å². The number of aromatic nitrogens is 1. The summed E-state index contributed by atoms with van der Waals surface area (Å²) in [4.78, 5) is 13.6. The zero-order valence-corrected chi connectivity index (χ0v) is 10.1. The first-order valence-electron chi connectivity index (χ1n) is 4.91. The van der Waals surface area contributed by atoms with Gasteiger partial charge in [-0.2, -0.15) is 10.5 Å². The maximum Gasteiger partial charge on any atom is 0.278 e. The van der Waals surface area contributed by atoms with E-state index in [0.29, 0.717) is 10.6 Å². The van der Waals surface area contributed by atoms with Crippen LogP contribution < -0.4 is 5.56 Å². The fourth-order valence-electron chi connectivity index (χ4n) is 1.23. The maximum absolute atomic E-state index is 11.5. The van der Waals surface area contributed by atoms with E-state index in [1.54, 1.807) is 17.5 Å². The largest absolute Gasteiger partial charge is 0.494 e. The topological polar surface area (TPSA) is 125 Å². The van der Waals surface area contributed by atoms with E-state index in [0.717, 1.165) is 6.07 Å². The Morgan fingerprint density at radius 2 is 2.00 bits per heavy atom. The van der Waals surface area contributed by atoms with Gasteiger partial charge in [0, 0.05) is 0 Å². The number of nitrogens with zero attached hydrogens (tertiary/aromatic N) is 4. The Morgan fingerprint density at radius 3 is 2.68 bits per heavy atom. The quantitative estimate of drug-likeness (QED) is 0.812. The molecule has 0 atom stereocenters. The van der Waals surface area contributed by atoms with Crippen molar-refractivity contribution in [2.24, 2.45) is 10.2 Å². The molecule has 0 fully saturated rings. The summed E-state index contributed by atoms with van der Waals surface area (Å²) in [6.45, 7) is 0. The lowest BCUT2D eigenvalue weighted by molar-refractivity contribution is 0.450. The summed E-state index contributed by atoms with van der Waals surface area (Å²) >= 11 is 1.20. The lowest BCUT2D eigenvalue weighted by Crippen LogP contribution is -2.05. The number of H-pyrrole nitrogens is 1. The molecule has 0 saturated carbocycles. The molecule has 2 aromatic rings. The summed E-state index contributed by atoms with van der Waals surface area (Å²) in [6.07, 6.45) is 0. The minimum absolute atomic E-state index is 0.111. The van der Waals surface area contributed by atoms with Gasteiger partial charge in [0.05, 0.1) is 5.56 Å². The summed E-state index contributed by atoms with van der Waals surface area (Å²) in [7, 11) is 0. The van der Waals surface area contributed by atoms with E-state index in [4.69, 9.17) is 10.5 Å². The number of thiophene rings is 1. The molecule has 0 saturated heterocycles. The molecule has 2 N–H and O–H groups in total. The highest BCUT2D eigenvalue weighted by molar-refractivity contribution is 7.14. The zero-order valence-electron chi connectivity index (χ0n) is 9.28. The van der Waals surface area contributed by atoms with Gasteiger partial charge < -0.3 is 5.11 Å². The predicted octanol–water partition coefficient (Wildman–Crippen LogP) is 2.30. The molecule has 8 heteroatoms. The molecule has 7 nitrogen and oxygen atoms in total. The Morgan fingerprint density at radius 1 is 1.26 bits per heavy atom. The molecule has 0 amide bonds. The molecule has 19 heavy (non-hydrogen) atoms. The van der Waals surface area contributed by atoms with Gasteiger partial charge in [0.1, 0.15) is 17.7 Å². The number of azo groups is 1. The first kappa shape index (κ1) is 12.5. The number of aromatic hydroxyl groups is 1. The van der Waals surface area contributed by atoms with E-state index in [2.05, 4.69) is 15.2 Å². The first-order chi connectivity index (χ1) is 9.15. The Kier molecular flexibility index (Phi) is 3.37. The van der Waals surface area contributed by atoms with Crippen molar-refractivity contribution < 1.29 is 5.11 Å². The van der Waals surface area contributed by atoms with E-state index in [1.165, 1.54) is 11.3 Å². The Hall–Kier alpha value is -2.97. The van der Waals surface area contributed by atoms with Gasteiger partial charge in [-0.3, -0.25) is 9.78 Å². The van der Waals surface area contributed by atoms with Gasteiger partial charge >= 0.3 is 0 Å². The fraction of sp³-hybridized carbons (Fsp3) is 0. The molecule has 0 aliphatic rings. The summed E-state index contributed by atoms with van der Waals surface area (Å²) in [6, 6.07) is 6.35. The van der Waals surface area contributed by atoms with E-state index in [9.17, 15) is 9.90 Å². The minimum Gasteiger partial charge on any atom is -0.494 e. The van der Waals surface area contributed by atoms with E-state index in [1.807, 2.05) is 6.07 Å². The number of hydrogen-bond acceptors (Lipinski definition) is 7. The summed E-state index contributed by atoms with van der Waals surface area (Å²) in [5.74, 6) is -0.514. The number of nitrogens with one attached hydrogen (secondary N) is 1. The molecule has 2 heterocycles. The highest BCUT2D eigenvalue weighted by Crippen LogP contribution is 2.27. The second kappa shape index (κ2) is 5.12. The predicted molar refractivity (Wildman–Crippen MR) is 66.7 cm³/mol. The Labute approximate surface area is 110 Å². The van der Waals surface area contributed by atoms with Crippen molar-refractivity contribution >= 4 is 22.0 Å². The van der Waals surface area contributed by atoms with Crippen molar-refractivity contribution in [1.82, 2.24) is 4.98 Å². The van der Waals surface area contributed by atoms with E-state index >= 15 is 0 Å². The third kappa shape index (κ3) is 2.49. The second-order valence-corrected chi connectivity index (χ2v) is 4.20. The van der Waals surface area contributed by atoms with Crippen LogP contribution in [0.2, 0.25) is 0 Å². The van der Waals surface area contributed by atoms with Gasteiger partial charge in [0.25, 0.3) is 5.56 Å². The third-order valence-electron chi connectivity index (χ3n) is 2.13. The second-order valence-electron chi connectivity index (χ2n) is 3.31. The molecular formula is C11H5N5O2S. The van der Waals surface area contributed by atoms with Crippen LogP contribution in [-0.4, -0.2) is 10.1 Å². The highest BCUT2D eigenvalue weighted by atomic mass is 32.1. The van der Waals surface area contributed by atoms with Crippen LogP contribution in [0.15, 0.2) is 32.5 Å². The van der Waals surface area contributed by atoms with Gasteiger partial charge in [0.2, 0.25) is 5.88 Å². The van der Waals surface area contributed by atoms with E-state index in [-0.39, 0.29) is 11.3 Å². The standard InChI is InChI=1S/C11H5N5O2S/c12-4-6-1-2-19-11(6)16-15-8-3-7(5-13)9(17)14-10(8)18/h1-3H,(H2,14,17,18). The minimum atomic E-state index is -0.671. The summed E-state index contributed by atoms with van der Waals surface area (Å²) in [5, 5.41) is 36.3. The average Bonchev–Trinajstić information content (AvgIpc) is 2.85. The van der Waals surface area contributed by atoms with Crippen LogP contribution in [0.3, 0.4) is 0 Å². The third-order valence-corrected chi connectivity index (χ3v) is 2.93. The number of hydrogen-bond donors (Lipinski definition) is 2. The van der Waals surface area contributed by atoms with Crippen molar-refractivity contribution in [3.05, 3.63) is 39.0 Å². The fourth-order valence-corrected chi connectivity index (χ4v) is 1.89. The van der Waals surface area contributed by atoms with Crippen molar-refractivity contribution in [3.8, 4) is 18.0 Å². The highest BCUT2D eigenvalue weighted by Gasteiger charge is 2.07. The van der Waals surface area contributed by atoms with E-state index < -0.39 is 11.4 Å². The lowest BCUT2D eigenvalue weighted by Gasteiger charge is -1.96. The van der Waals surface area contributed by atoms with Crippen molar-refractivity contribution in [1.29, 1.82) is 10.5 Å². The van der Waals surface area contributed by atoms with Crippen LogP contribution in [-0.2, 0) is 0 Å². The molecule has 2 aromatic heterocycles. The van der Waals surface area contributed by atoms with Crippen molar-refractivity contribution in [3.63, 3.8) is 0 Å². The Balaban J connectivity index is 2.43.